The van der Waals surface area contributed by atoms with E-state index in [-0.39, 0.29) is 12.5 Å². The summed E-state index contributed by atoms with van der Waals surface area (Å²) in [6, 6.07) is 10.7. The van der Waals surface area contributed by atoms with E-state index in [0.717, 1.165) is 35.5 Å². The molecule has 1 amide bonds. The second-order valence-electron chi connectivity index (χ2n) is 8.05. The third-order valence-electron chi connectivity index (χ3n) is 5.63. The van der Waals surface area contributed by atoms with Crippen molar-refractivity contribution in [3.05, 3.63) is 82.9 Å². The molecule has 1 aliphatic rings. The molecule has 172 valence electrons. The number of piperidine rings is 1. The van der Waals surface area contributed by atoms with Crippen LogP contribution in [0.1, 0.15) is 35.2 Å². The number of likely N-dealkylation sites (tertiary alicyclic amines) is 1. The molecule has 0 unspecified atom stereocenters. The van der Waals surface area contributed by atoms with Crippen molar-refractivity contribution in [1.29, 1.82) is 0 Å². The van der Waals surface area contributed by atoms with Crippen LogP contribution in [-0.2, 0) is 17.5 Å². The van der Waals surface area contributed by atoms with Gasteiger partial charge in [0.15, 0.2) is 0 Å². The Morgan fingerprint density at radius 2 is 1.91 bits per heavy atom. The predicted octanol–water partition coefficient (Wildman–Crippen LogP) is 5.41. The predicted molar refractivity (Wildman–Crippen MR) is 119 cm³/mol. The largest absolute Gasteiger partial charge is 0.495 e. The van der Waals surface area contributed by atoms with E-state index in [9.17, 15) is 18.0 Å². The van der Waals surface area contributed by atoms with E-state index in [2.05, 4.69) is 4.98 Å². The van der Waals surface area contributed by atoms with Gasteiger partial charge < -0.3 is 14.2 Å². The van der Waals surface area contributed by atoms with Crippen LogP contribution in [0, 0.1) is 6.92 Å². The third-order valence-corrected chi connectivity index (χ3v) is 5.63. The number of methoxy groups -OCH3 is 1. The Morgan fingerprint density at radius 1 is 1.15 bits per heavy atom. The number of amides is 1. The maximum atomic E-state index is 13.0. The van der Waals surface area contributed by atoms with Gasteiger partial charge >= 0.3 is 6.18 Å². The lowest BCUT2D eigenvalue weighted by atomic mass is 9.99. The van der Waals surface area contributed by atoms with Gasteiger partial charge in [-0.05, 0) is 61.2 Å². The van der Waals surface area contributed by atoms with E-state index in [0.29, 0.717) is 29.9 Å². The zero-order valence-electron chi connectivity index (χ0n) is 18.4. The maximum absolute atomic E-state index is 13.0. The Bertz CT molecular complexity index is 1180. The van der Waals surface area contributed by atoms with Gasteiger partial charge in [0.25, 0.3) is 0 Å². The van der Waals surface area contributed by atoms with Crippen LogP contribution in [0.25, 0.3) is 11.8 Å². The zero-order chi connectivity index (χ0) is 23.6. The minimum atomic E-state index is -4.37. The van der Waals surface area contributed by atoms with Crippen LogP contribution < -0.4 is 4.74 Å². The van der Waals surface area contributed by atoms with E-state index >= 15 is 0 Å². The standard InChI is InChI=1S/C25H24F3N3O2/c1-17-14-31(16-29-17)22-10-7-19(13-23(22)33-2)12-20-4-3-11-30(24(20)32)15-18-5-8-21(9-6-18)25(26,27)28/h5-10,12-14,16H,3-4,11,15H2,1-2H3/b20-12+. The molecule has 0 bridgehead atoms. The molecule has 3 aromatic rings. The molecule has 8 heteroatoms. The maximum Gasteiger partial charge on any atom is 0.416 e. The molecule has 1 aliphatic heterocycles. The molecule has 0 spiro atoms. The molecule has 1 aromatic heterocycles. The molecule has 5 nitrogen and oxygen atoms in total. The molecule has 1 saturated heterocycles. The quantitative estimate of drug-likeness (QED) is 0.483. The summed E-state index contributed by atoms with van der Waals surface area (Å²) in [5, 5.41) is 0. The molecule has 0 atom stereocenters. The second-order valence-corrected chi connectivity index (χ2v) is 8.05. The topological polar surface area (TPSA) is 47.4 Å². The van der Waals surface area contributed by atoms with Crippen LogP contribution in [0.15, 0.2) is 60.6 Å². The molecule has 2 heterocycles. The highest BCUT2D eigenvalue weighted by Crippen LogP contribution is 2.30. The number of aryl methyl sites for hydroxylation is 1. The summed E-state index contributed by atoms with van der Waals surface area (Å²) in [6.07, 6.45) is 2.54. The van der Waals surface area contributed by atoms with Crippen molar-refractivity contribution < 1.29 is 22.7 Å². The average Bonchev–Trinajstić information content (AvgIpc) is 3.22. The molecule has 0 saturated carbocycles. The molecule has 33 heavy (non-hydrogen) atoms. The molecule has 4 rings (SSSR count). The summed E-state index contributed by atoms with van der Waals surface area (Å²) >= 11 is 0. The van der Waals surface area contributed by atoms with Crippen molar-refractivity contribution in [3.63, 3.8) is 0 Å². The second kappa shape index (κ2) is 9.13. The number of carbonyl (C=O) groups is 1. The third kappa shape index (κ3) is 5.10. The zero-order valence-corrected chi connectivity index (χ0v) is 18.4. The van der Waals surface area contributed by atoms with E-state index in [4.69, 9.17) is 4.74 Å². The monoisotopic (exact) mass is 455 g/mol. The normalized spacial score (nSPS) is 15.8. The van der Waals surface area contributed by atoms with Gasteiger partial charge in [0.05, 0.1) is 30.4 Å². The van der Waals surface area contributed by atoms with Gasteiger partial charge in [0.1, 0.15) is 5.75 Å². The number of imidazole rings is 1. The fourth-order valence-electron chi connectivity index (χ4n) is 3.93. The number of carbonyl (C=O) groups excluding carboxylic acids is 1. The van der Waals surface area contributed by atoms with Crippen molar-refractivity contribution in [1.82, 2.24) is 14.5 Å². The summed E-state index contributed by atoms with van der Waals surface area (Å²) in [5.41, 5.74) is 3.22. The first-order valence-electron chi connectivity index (χ1n) is 10.6. The Morgan fingerprint density at radius 3 is 2.55 bits per heavy atom. The summed E-state index contributed by atoms with van der Waals surface area (Å²) in [4.78, 5) is 19.0. The first-order valence-corrected chi connectivity index (χ1v) is 10.6. The SMILES string of the molecule is COc1cc(/C=C2\CCCN(Cc3ccc(C(F)(F)F)cc3)C2=O)ccc1-n1cnc(C)c1. The van der Waals surface area contributed by atoms with E-state index in [1.165, 1.54) is 12.1 Å². The summed E-state index contributed by atoms with van der Waals surface area (Å²) in [7, 11) is 1.59. The first-order chi connectivity index (χ1) is 15.7. The number of hydrogen-bond acceptors (Lipinski definition) is 3. The Balaban J connectivity index is 1.52. The Hall–Kier alpha value is -3.55. The molecule has 0 radical (unpaired) electrons. The van der Waals surface area contributed by atoms with Crippen LogP contribution in [0.3, 0.4) is 0 Å². The van der Waals surface area contributed by atoms with Crippen LogP contribution >= 0.6 is 0 Å². The number of alkyl halides is 3. The number of aromatic nitrogens is 2. The van der Waals surface area contributed by atoms with Crippen LogP contribution in [0.5, 0.6) is 5.75 Å². The molecule has 0 N–H and O–H groups in total. The lowest BCUT2D eigenvalue weighted by Gasteiger charge is -2.28. The van der Waals surface area contributed by atoms with Crippen molar-refractivity contribution in [2.45, 2.75) is 32.5 Å². The minimum Gasteiger partial charge on any atom is -0.495 e. The van der Waals surface area contributed by atoms with E-state index < -0.39 is 11.7 Å². The summed E-state index contributed by atoms with van der Waals surface area (Å²) in [6.45, 7) is 2.75. The number of rotatable bonds is 5. The summed E-state index contributed by atoms with van der Waals surface area (Å²) in [5.74, 6) is 0.557. The van der Waals surface area contributed by atoms with Crippen molar-refractivity contribution >= 4 is 12.0 Å². The Kier molecular flexibility index (Phi) is 6.26. The van der Waals surface area contributed by atoms with Crippen LogP contribution in [-0.4, -0.2) is 34.0 Å². The number of ether oxygens (including phenoxy) is 1. The van der Waals surface area contributed by atoms with Crippen LogP contribution in [0.2, 0.25) is 0 Å². The van der Waals surface area contributed by atoms with Crippen molar-refractivity contribution in [2.75, 3.05) is 13.7 Å². The van der Waals surface area contributed by atoms with Gasteiger partial charge in [-0.25, -0.2) is 4.98 Å². The number of nitrogens with zero attached hydrogens (tertiary/aromatic N) is 3. The average molecular weight is 455 g/mol. The highest BCUT2D eigenvalue weighted by atomic mass is 19.4. The number of benzene rings is 2. The first kappa shape index (κ1) is 22.6. The fourth-order valence-corrected chi connectivity index (χ4v) is 3.93. The van der Waals surface area contributed by atoms with Crippen molar-refractivity contribution in [2.24, 2.45) is 0 Å². The smallest absolute Gasteiger partial charge is 0.416 e. The number of hydrogen-bond donors (Lipinski definition) is 0. The lowest BCUT2D eigenvalue weighted by Crippen LogP contribution is -2.36. The van der Waals surface area contributed by atoms with Gasteiger partial charge in [-0.15, -0.1) is 0 Å². The molecule has 0 aliphatic carbocycles. The number of halogens is 3. The highest BCUT2D eigenvalue weighted by Gasteiger charge is 2.30. The minimum absolute atomic E-state index is 0.102. The van der Waals surface area contributed by atoms with E-state index in [1.54, 1.807) is 18.3 Å². The fraction of sp³-hybridized carbons (Fsp3) is 0.280. The van der Waals surface area contributed by atoms with Gasteiger partial charge in [0.2, 0.25) is 5.91 Å². The Labute approximate surface area is 190 Å². The summed E-state index contributed by atoms with van der Waals surface area (Å²) < 4.78 is 45.8. The van der Waals surface area contributed by atoms with Gasteiger partial charge in [-0.3, -0.25) is 4.79 Å². The molecule has 1 fully saturated rings. The van der Waals surface area contributed by atoms with Crippen molar-refractivity contribution in [3.8, 4) is 11.4 Å². The molecular formula is C25H24F3N3O2. The van der Waals surface area contributed by atoms with E-state index in [1.807, 2.05) is 42.0 Å². The molecule has 2 aromatic carbocycles. The highest BCUT2D eigenvalue weighted by molar-refractivity contribution is 5.98. The van der Waals surface area contributed by atoms with Crippen LogP contribution in [0.4, 0.5) is 13.2 Å². The van der Waals surface area contributed by atoms with Gasteiger partial charge in [-0.1, -0.05) is 18.2 Å². The van der Waals surface area contributed by atoms with Gasteiger partial charge in [0, 0.05) is 24.9 Å². The van der Waals surface area contributed by atoms with Gasteiger partial charge in [-0.2, -0.15) is 13.2 Å². The lowest BCUT2D eigenvalue weighted by molar-refractivity contribution is -0.137. The molecular weight excluding hydrogens is 431 g/mol.